The van der Waals surface area contributed by atoms with Crippen molar-refractivity contribution in [3.63, 3.8) is 0 Å². The first kappa shape index (κ1) is 9.82. The zero-order chi connectivity index (χ0) is 8.69. The summed E-state index contributed by atoms with van der Waals surface area (Å²) in [5.41, 5.74) is 1.97. The highest BCUT2D eigenvalue weighted by Crippen LogP contribution is 2.04. The third-order valence-corrected chi connectivity index (χ3v) is 1.19. The van der Waals surface area contributed by atoms with Gasteiger partial charge in [0.05, 0.1) is 18.1 Å². The highest BCUT2D eigenvalue weighted by atomic mass is 15.2. The lowest BCUT2D eigenvalue weighted by Crippen LogP contribution is -2.10. The number of hydrogen-bond donors (Lipinski definition) is 2. The Hall–Kier alpha value is -1.18. The number of hydrogen-bond acceptors (Lipinski definition) is 2. The van der Waals surface area contributed by atoms with E-state index < -0.39 is 0 Å². The van der Waals surface area contributed by atoms with Crippen LogP contribution in [-0.4, -0.2) is 6.67 Å². The predicted molar refractivity (Wildman–Crippen MR) is 49.9 cm³/mol. The summed E-state index contributed by atoms with van der Waals surface area (Å²) in [6.45, 7) is 12.1. The van der Waals surface area contributed by atoms with E-state index in [1.165, 1.54) is 0 Å². The minimum atomic E-state index is 0.776. The largest absolute Gasteiger partial charge is 0.367 e. The molecule has 0 amide bonds. The molecule has 1 aliphatic rings. The van der Waals surface area contributed by atoms with Gasteiger partial charge in [0.2, 0.25) is 0 Å². The number of nitrogens with one attached hydrogen (secondary N) is 2. The standard InChI is InChI=1S/C7H10N2.C2H6/c1-3-4-7-6(2)8-5-9-7;1-2/h3-4,8-9H,1-2,5H2;1-2H3/b7-4+;. The van der Waals surface area contributed by atoms with Crippen LogP contribution in [-0.2, 0) is 0 Å². The van der Waals surface area contributed by atoms with Crippen LogP contribution in [0.3, 0.4) is 0 Å². The van der Waals surface area contributed by atoms with E-state index in [4.69, 9.17) is 0 Å². The van der Waals surface area contributed by atoms with Gasteiger partial charge in [0.1, 0.15) is 0 Å². The van der Waals surface area contributed by atoms with Gasteiger partial charge < -0.3 is 10.6 Å². The smallest absolute Gasteiger partial charge is 0.0850 e. The van der Waals surface area contributed by atoms with E-state index >= 15 is 0 Å². The highest BCUT2D eigenvalue weighted by Gasteiger charge is 2.05. The quantitative estimate of drug-likeness (QED) is 0.598. The van der Waals surface area contributed by atoms with Gasteiger partial charge in [-0.05, 0) is 6.08 Å². The summed E-state index contributed by atoms with van der Waals surface area (Å²) >= 11 is 0. The van der Waals surface area contributed by atoms with Crippen molar-refractivity contribution >= 4 is 0 Å². The number of allylic oxidation sites excluding steroid dienone is 2. The Bertz CT molecular complexity index is 168. The zero-order valence-corrected chi connectivity index (χ0v) is 7.28. The van der Waals surface area contributed by atoms with Crippen LogP contribution in [0.5, 0.6) is 0 Å². The second-order valence-corrected chi connectivity index (χ2v) is 1.82. The molecule has 1 heterocycles. The molecule has 0 aromatic carbocycles. The first-order chi connectivity index (χ1) is 5.34. The Balaban J connectivity index is 0.000000461. The molecule has 2 nitrogen and oxygen atoms in total. The molecule has 0 aromatic heterocycles. The molecule has 0 unspecified atom stereocenters. The van der Waals surface area contributed by atoms with Crippen LogP contribution in [0.4, 0.5) is 0 Å². The summed E-state index contributed by atoms with van der Waals surface area (Å²) in [4.78, 5) is 0. The molecule has 2 N–H and O–H groups in total. The maximum absolute atomic E-state index is 3.76. The molecule has 1 saturated heterocycles. The van der Waals surface area contributed by atoms with E-state index in [1.54, 1.807) is 6.08 Å². The van der Waals surface area contributed by atoms with Crippen LogP contribution in [0.1, 0.15) is 13.8 Å². The molecule has 62 valence electrons. The second-order valence-electron chi connectivity index (χ2n) is 1.82. The van der Waals surface area contributed by atoms with Crippen LogP contribution in [0.2, 0.25) is 0 Å². The summed E-state index contributed by atoms with van der Waals surface area (Å²) in [5, 5.41) is 6.12. The van der Waals surface area contributed by atoms with Gasteiger partial charge in [-0.2, -0.15) is 0 Å². The molecule has 11 heavy (non-hydrogen) atoms. The van der Waals surface area contributed by atoms with Gasteiger partial charge in [0.15, 0.2) is 0 Å². The van der Waals surface area contributed by atoms with E-state index in [2.05, 4.69) is 23.8 Å². The van der Waals surface area contributed by atoms with Crippen LogP contribution in [0.25, 0.3) is 0 Å². The molecular weight excluding hydrogens is 136 g/mol. The summed E-state index contributed by atoms with van der Waals surface area (Å²) in [5.74, 6) is 0. The van der Waals surface area contributed by atoms with Gasteiger partial charge in [-0.25, -0.2) is 0 Å². The first-order valence-corrected chi connectivity index (χ1v) is 3.84. The van der Waals surface area contributed by atoms with Gasteiger partial charge in [0, 0.05) is 0 Å². The van der Waals surface area contributed by atoms with Gasteiger partial charge in [-0.3, -0.25) is 0 Å². The Morgan fingerprint density at radius 1 is 1.36 bits per heavy atom. The third-order valence-electron chi connectivity index (χ3n) is 1.19. The fraction of sp³-hybridized carbons (Fsp3) is 0.333. The maximum Gasteiger partial charge on any atom is 0.0850 e. The molecule has 2 heteroatoms. The maximum atomic E-state index is 3.76. The highest BCUT2D eigenvalue weighted by molar-refractivity contribution is 5.31. The molecule has 0 aromatic rings. The summed E-state index contributed by atoms with van der Waals surface area (Å²) in [6, 6.07) is 0. The topological polar surface area (TPSA) is 24.1 Å². The normalized spacial score (nSPS) is 18.0. The van der Waals surface area contributed by atoms with Crippen LogP contribution < -0.4 is 10.6 Å². The van der Waals surface area contributed by atoms with Gasteiger partial charge >= 0.3 is 0 Å². The summed E-state index contributed by atoms with van der Waals surface area (Å²) < 4.78 is 0. The SMILES string of the molecule is C=C/C=C1/NCNC1=C.CC. The lowest BCUT2D eigenvalue weighted by molar-refractivity contribution is 0.840. The monoisotopic (exact) mass is 152 g/mol. The molecule has 1 aliphatic heterocycles. The van der Waals surface area contributed by atoms with Crippen molar-refractivity contribution in [2.45, 2.75) is 13.8 Å². The molecule has 0 bridgehead atoms. The van der Waals surface area contributed by atoms with Crippen molar-refractivity contribution in [3.05, 3.63) is 36.7 Å². The summed E-state index contributed by atoms with van der Waals surface area (Å²) in [7, 11) is 0. The average molecular weight is 152 g/mol. The minimum absolute atomic E-state index is 0.776. The first-order valence-electron chi connectivity index (χ1n) is 3.84. The van der Waals surface area contributed by atoms with Crippen LogP contribution in [0, 0.1) is 0 Å². The van der Waals surface area contributed by atoms with Crippen molar-refractivity contribution in [3.8, 4) is 0 Å². The summed E-state index contributed by atoms with van der Waals surface area (Å²) in [6.07, 6.45) is 3.63. The van der Waals surface area contributed by atoms with Crippen molar-refractivity contribution < 1.29 is 0 Å². The lowest BCUT2D eigenvalue weighted by Gasteiger charge is -1.92. The Morgan fingerprint density at radius 2 is 2.00 bits per heavy atom. The van der Waals surface area contributed by atoms with Crippen molar-refractivity contribution in [2.75, 3.05) is 6.67 Å². The van der Waals surface area contributed by atoms with Gasteiger partial charge in [-0.1, -0.05) is 33.1 Å². The average Bonchev–Trinajstić information content (AvgIpc) is 2.42. The van der Waals surface area contributed by atoms with Crippen molar-refractivity contribution in [2.24, 2.45) is 0 Å². The van der Waals surface area contributed by atoms with E-state index in [0.29, 0.717) is 0 Å². The van der Waals surface area contributed by atoms with E-state index in [0.717, 1.165) is 18.1 Å². The van der Waals surface area contributed by atoms with Crippen molar-refractivity contribution in [1.29, 1.82) is 0 Å². The number of rotatable bonds is 1. The molecule has 0 spiro atoms. The van der Waals surface area contributed by atoms with E-state index in [1.807, 2.05) is 19.9 Å². The Morgan fingerprint density at radius 3 is 2.36 bits per heavy atom. The lowest BCUT2D eigenvalue weighted by atomic mass is 10.3. The second kappa shape index (κ2) is 5.59. The molecule has 0 atom stereocenters. The molecule has 0 radical (unpaired) electrons. The molecule has 1 rings (SSSR count). The van der Waals surface area contributed by atoms with Crippen molar-refractivity contribution in [1.82, 2.24) is 10.6 Å². The molecule has 0 saturated carbocycles. The predicted octanol–water partition coefficient (Wildman–Crippen LogP) is 1.75. The molecule has 1 fully saturated rings. The molecular formula is C9H16N2. The van der Waals surface area contributed by atoms with Gasteiger partial charge in [0.25, 0.3) is 0 Å². The third kappa shape index (κ3) is 2.94. The van der Waals surface area contributed by atoms with Crippen LogP contribution >= 0.6 is 0 Å². The fourth-order valence-corrected chi connectivity index (χ4v) is 0.725. The Labute approximate surface area is 68.7 Å². The van der Waals surface area contributed by atoms with E-state index in [9.17, 15) is 0 Å². The van der Waals surface area contributed by atoms with Crippen LogP contribution in [0.15, 0.2) is 36.7 Å². The fourth-order valence-electron chi connectivity index (χ4n) is 0.725. The minimum Gasteiger partial charge on any atom is -0.367 e. The van der Waals surface area contributed by atoms with Gasteiger partial charge in [-0.15, -0.1) is 0 Å². The Kier molecular flexibility index (Phi) is 4.99. The molecule has 0 aliphatic carbocycles. The zero-order valence-electron chi connectivity index (χ0n) is 7.28. The van der Waals surface area contributed by atoms with E-state index in [-0.39, 0.29) is 0 Å².